The molecule has 0 aromatic carbocycles. The molecule has 1 aliphatic carbocycles. The van der Waals surface area contributed by atoms with Crippen molar-refractivity contribution in [2.24, 2.45) is 11.8 Å². The summed E-state index contributed by atoms with van der Waals surface area (Å²) in [5.41, 5.74) is -0.663. The SMILES string of the molecule is CCC(C)C1CCC(O)C1(C)OC#N. The molecular weight excluding hydrogens is 178 g/mol. The first-order valence-corrected chi connectivity index (χ1v) is 5.31. The molecule has 4 atom stereocenters. The molecule has 14 heavy (non-hydrogen) atoms. The van der Waals surface area contributed by atoms with Crippen LogP contribution >= 0.6 is 0 Å². The fourth-order valence-corrected chi connectivity index (χ4v) is 2.53. The van der Waals surface area contributed by atoms with Crippen molar-refractivity contribution in [3.63, 3.8) is 0 Å². The second-order valence-electron chi connectivity index (χ2n) is 4.46. The van der Waals surface area contributed by atoms with Gasteiger partial charge in [0, 0.05) is 5.92 Å². The first-order chi connectivity index (χ1) is 6.56. The molecule has 1 fully saturated rings. The Bertz CT molecular complexity index is 236. The van der Waals surface area contributed by atoms with Crippen LogP contribution in [0.4, 0.5) is 0 Å². The molecule has 0 spiro atoms. The predicted molar refractivity (Wildman–Crippen MR) is 53.3 cm³/mol. The lowest BCUT2D eigenvalue weighted by molar-refractivity contribution is -0.0793. The lowest BCUT2D eigenvalue weighted by Gasteiger charge is -2.34. The molecule has 3 heteroatoms. The van der Waals surface area contributed by atoms with Crippen molar-refractivity contribution in [1.29, 1.82) is 5.26 Å². The van der Waals surface area contributed by atoms with Gasteiger partial charge in [0.15, 0.2) is 0 Å². The molecule has 4 unspecified atom stereocenters. The van der Waals surface area contributed by atoms with Gasteiger partial charge in [0.05, 0.1) is 6.10 Å². The van der Waals surface area contributed by atoms with Crippen LogP contribution in [-0.2, 0) is 4.74 Å². The lowest BCUT2D eigenvalue weighted by Crippen LogP contribution is -2.44. The lowest BCUT2D eigenvalue weighted by atomic mass is 9.80. The van der Waals surface area contributed by atoms with Gasteiger partial charge in [0.2, 0.25) is 0 Å². The zero-order valence-electron chi connectivity index (χ0n) is 9.16. The zero-order chi connectivity index (χ0) is 10.8. The van der Waals surface area contributed by atoms with E-state index in [1.807, 2.05) is 6.92 Å². The van der Waals surface area contributed by atoms with E-state index in [4.69, 9.17) is 10.00 Å². The molecule has 0 radical (unpaired) electrons. The summed E-state index contributed by atoms with van der Waals surface area (Å²) in [5, 5.41) is 18.4. The van der Waals surface area contributed by atoms with E-state index in [1.54, 1.807) is 6.26 Å². The molecule has 0 amide bonds. The first-order valence-electron chi connectivity index (χ1n) is 5.31. The van der Waals surface area contributed by atoms with Gasteiger partial charge in [-0.3, -0.25) is 0 Å². The third-order valence-electron chi connectivity index (χ3n) is 3.75. The van der Waals surface area contributed by atoms with Crippen LogP contribution in [0.3, 0.4) is 0 Å². The van der Waals surface area contributed by atoms with Crippen molar-refractivity contribution < 1.29 is 9.84 Å². The molecule has 1 aliphatic rings. The molecule has 0 aromatic rings. The Morgan fingerprint density at radius 2 is 2.29 bits per heavy atom. The van der Waals surface area contributed by atoms with Crippen LogP contribution in [0.5, 0.6) is 0 Å². The fraction of sp³-hybridized carbons (Fsp3) is 0.909. The predicted octanol–water partition coefficient (Wildman–Crippen LogP) is 2.06. The summed E-state index contributed by atoms with van der Waals surface area (Å²) in [7, 11) is 0. The molecule has 0 heterocycles. The van der Waals surface area contributed by atoms with Crippen molar-refractivity contribution in [1.82, 2.24) is 0 Å². The average molecular weight is 197 g/mol. The molecule has 1 rings (SSSR count). The fourth-order valence-electron chi connectivity index (χ4n) is 2.53. The van der Waals surface area contributed by atoms with Gasteiger partial charge in [0.1, 0.15) is 5.60 Å². The minimum absolute atomic E-state index is 0.294. The van der Waals surface area contributed by atoms with Crippen molar-refractivity contribution in [3.05, 3.63) is 0 Å². The monoisotopic (exact) mass is 197 g/mol. The van der Waals surface area contributed by atoms with Crippen LogP contribution in [-0.4, -0.2) is 16.8 Å². The van der Waals surface area contributed by atoms with Crippen LogP contribution in [0.15, 0.2) is 0 Å². The van der Waals surface area contributed by atoms with E-state index < -0.39 is 11.7 Å². The van der Waals surface area contributed by atoms with E-state index in [1.165, 1.54) is 0 Å². The van der Waals surface area contributed by atoms with Gasteiger partial charge in [-0.2, -0.15) is 5.26 Å². The van der Waals surface area contributed by atoms with Crippen LogP contribution in [0.1, 0.15) is 40.0 Å². The van der Waals surface area contributed by atoms with E-state index in [0.717, 1.165) is 19.3 Å². The highest BCUT2D eigenvalue weighted by Crippen LogP contribution is 2.43. The Hall–Kier alpha value is -0.750. The molecule has 3 nitrogen and oxygen atoms in total. The number of ether oxygens (including phenoxy) is 1. The topological polar surface area (TPSA) is 53.2 Å². The highest BCUT2D eigenvalue weighted by atomic mass is 16.5. The Balaban J connectivity index is 2.81. The summed E-state index contributed by atoms with van der Waals surface area (Å²) >= 11 is 0. The maximum absolute atomic E-state index is 9.82. The van der Waals surface area contributed by atoms with Gasteiger partial charge in [-0.15, -0.1) is 0 Å². The van der Waals surface area contributed by atoms with Gasteiger partial charge < -0.3 is 9.84 Å². The molecule has 0 saturated heterocycles. The van der Waals surface area contributed by atoms with E-state index in [9.17, 15) is 5.11 Å². The highest BCUT2D eigenvalue weighted by Gasteiger charge is 2.50. The molecule has 0 aromatic heterocycles. The third kappa shape index (κ3) is 1.72. The number of hydrogen-bond donors (Lipinski definition) is 1. The summed E-state index contributed by atoms with van der Waals surface area (Å²) < 4.78 is 5.09. The summed E-state index contributed by atoms with van der Waals surface area (Å²) in [4.78, 5) is 0. The Morgan fingerprint density at radius 3 is 2.79 bits per heavy atom. The molecule has 0 bridgehead atoms. The second-order valence-corrected chi connectivity index (χ2v) is 4.46. The van der Waals surface area contributed by atoms with Crippen molar-refractivity contribution in [2.75, 3.05) is 0 Å². The van der Waals surface area contributed by atoms with Crippen LogP contribution < -0.4 is 0 Å². The van der Waals surface area contributed by atoms with Crippen molar-refractivity contribution >= 4 is 0 Å². The number of nitrogens with zero attached hydrogens (tertiary/aromatic N) is 1. The van der Waals surface area contributed by atoms with Crippen LogP contribution in [0.25, 0.3) is 0 Å². The maximum atomic E-state index is 9.82. The molecule has 1 N–H and O–H groups in total. The number of aliphatic hydroxyl groups is 1. The van der Waals surface area contributed by atoms with E-state index in [-0.39, 0.29) is 0 Å². The maximum Gasteiger partial charge on any atom is 0.286 e. The first kappa shape index (κ1) is 11.3. The van der Waals surface area contributed by atoms with Crippen LogP contribution in [0.2, 0.25) is 0 Å². The average Bonchev–Trinajstić information content (AvgIpc) is 2.43. The van der Waals surface area contributed by atoms with Crippen molar-refractivity contribution in [2.45, 2.75) is 51.7 Å². The smallest absolute Gasteiger partial charge is 0.286 e. The van der Waals surface area contributed by atoms with Gasteiger partial charge in [-0.1, -0.05) is 20.3 Å². The molecular formula is C11H19NO2. The number of nitriles is 1. The normalized spacial score (nSPS) is 39.1. The standard InChI is InChI=1S/C11H19NO2/c1-4-8(2)9-5-6-10(13)11(9,3)14-7-12/h8-10,13H,4-6H2,1-3H3. The summed E-state index contributed by atoms with van der Waals surface area (Å²) in [5.74, 6) is 0.785. The molecule has 0 aliphatic heterocycles. The second kappa shape index (κ2) is 4.18. The minimum atomic E-state index is -0.663. The summed E-state index contributed by atoms with van der Waals surface area (Å²) in [6, 6.07) is 0. The van der Waals surface area contributed by atoms with Gasteiger partial charge in [-0.05, 0) is 25.7 Å². The minimum Gasteiger partial charge on any atom is -0.418 e. The van der Waals surface area contributed by atoms with E-state index in [0.29, 0.717) is 11.8 Å². The quantitative estimate of drug-likeness (QED) is 0.704. The Morgan fingerprint density at radius 1 is 1.64 bits per heavy atom. The van der Waals surface area contributed by atoms with E-state index >= 15 is 0 Å². The summed E-state index contributed by atoms with van der Waals surface area (Å²) in [6.45, 7) is 6.13. The van der Waals surface area contributed by atoms with E-state index in [2.05, 4.69) is 13.8 Å². The third-order valence-corrected chi connectivity index (χ3v) is 3.75. The number of hydrogen-bond acceptors (Lipinski definition) is 3. The largest absolute Gasteiger partial charge is 0.418 e. The Labute approximate surface area is 85.7 Å². The van der Waals surface area contributed by atoms with Crippen LogP contribution in [0, 0.1) is 23.4 Å². The van der Waals surface area contributed by atoms with Gasteiger partial charge in [-0.25, -0.2) is 0 Å². The number of aliphatic hydroxyl groups excluding tert-OH is 1. The zero-order valence-corrected chi connectivity index (χ0v) is 9.16. The highest BCUT2D eigenvalue weighted by molar-refractivity contribution is 5.00. The molecule has 1 saturated carbocycles. The molecule has 80 valence electrons. The van der Waals surface area contributed by atoms with Crippen molar-refractivity contribution in [3.8, 4) is 6.26 Å². The van der Waals surface area contributed by atoms with Gasteiger partial charge >= 0.3 is 0 Å². The summed E-state index contributed by atoms with van der Waals surface area (Å²) in [6.07, 6.45) is 3.98. The van der Waals surface area contributed by atoms with Gasteiger partial charge in [0.25, 0.3) is 6.26 Å². The Kier molecular flexibility index (Phi) is 3.38. The number of rotatable bonds is 3.